The summed E-state index contributed by atoms with van der Waals surface area (Å²) in [6, 6.07) is 11.6. The van der Waals surface area contributed by atoms with E-state index in [1.54, 1.807) is 12.3 Å². The minimum atomic E-state index is -0.372. The number of hydrogen-bond donors (Lipinski definition) is 2. The molecule has 27 heavy (non-hydrogen) atoms. The highest BCUT2D eigenvalue weighted by Crippen LogP contribution is 2.23. The number of aromatic amines is 1. The highest BCUT2D eigenvalue weighted by Gasteiger charge is 2.31. The predicted molar refractivity (Wildman–Crippen MR) is 107 cm³/mol. The highest BCUT2D eigenvalue weighted by atomic mass is 16.3. The molecule has 0 amide bonds. The van der Waals surface area contributed by atoms with Gasteiger partial charge in [0.1, 0.15) is 0 Å². The van der Waals surface area contributed by atoms with Crippen LogP contribution in [0.4, 0.5) is 0 Å². The van der Waals surface area contributed by atoms with Crippen molar-refractivity contribution >= 4 is 10.9 Å². The number of pyridine rings is 2. The number of nitrogens with zero attached hydrogens (tertiary/aromatic N) is 2. The molecule has 0 saturated carbocycles. The zero-order valence-electron chi connectivity index (χ0n) is 15.8. The van der Waals surface area contributed by atoms with Gasteiger partial charge in [-0.25, -0.2) is 0 Å². The maximum absolute atomic E-state index is 12.6. The predicted octanol–water partition coefficient (Wildman–Crippen LogP) is 2.58. The van der Waals surface area contributed by atoms with Crippen LogP contribution < -0.4 is 5.43 Å². The van der Waals surface area contributed by atoms with E-state index < -0.39 is 0 Å². The van der Waals surface area contributed by atoms with E-state index in [9.17, 15) is 9.90 Å². The van der Waals surface area contributed by atoms with Crippen molar-refractivity contribution in [2.45, 2.75) is 32.9 Å². The molecule has 1 fully saturated rings. The summed E-state index contributed by atoms with van der Waals surface area (Å²) < 4.78 is 0. The number of aliphatic hydroxyl groups excluding tert-OH is 1. The van der Waals surface area contributed by atoms with Crippen LogP contribution in [0.5, 0.6) is 0 Å². The summed E-state index contributed by atoms with van der Waals surface area (Å²) in [4.78, 5) is 22.6. The van der Waals surface area contributed by atoms with Crippen molar-refractivity contribution < 1.29 is 5.11 Å². The average Bonchev–Trinajstić information content (AvgIpc) is 2.98. The van der Waals surface area contributed by atoms with Crippen LogP contribution in [0.2, 0.25) is 0 Å². The first-order valence-electron chi connectivity index (χ1n) is 9.43. The molecule has 0 bridgehead atoms. The maximum Gasteiger partial charge on any atom is 0.189 e. The summed E-state index contributed by atoms with van der Waals surface area (Å²) >= 11 is 0. The zero-order valence-corrected chi connectivity index (χ0v) is 15.8. The van der Waals surface area contributed by atoms with Gasteiger partial charge in [0.25, 0.3) is 0 Å². The van der Waals surface area contributed by atoms with E-state index in [1.165, 1.54) is 0 Å². The molecular formula is C22H25N3O2. The Hall–Kier alpha value is -2.50. The maximum atomic E-state index is 12.6. The molecule has 0 radical (unpaired) electrons. The van der Waals surface area contributed by atoms with Gasteiger partial charge in [-0.1, -0.05) is 18.2 Å². The van der Waals surface area contributed by atoms with E-state index in [1.807, 2.05) is 44.2 Å². The second-order valence-corrected chi connectivity index (χ2v) is 7.65. The van der Waals surface area contributed by atoms with Crippen LogP contribution in [-0.2, 0) is 13.0 Å². The largest absolute Gasteiger partial charge is 0.391 e. The summed E-state index contributed by atoms with van der Waals surface area (Å²) in [6.45, 7) is 6.03. The molecule has 140 valence electrons. The van der Waals surface area contributed by atoms with Crippen LogP contribution in [0.3, 0.4) is 0 Å². The Balaban J connectivity index is 1.53. The van der Waals surface area contributed by atoms with Gasteiger partial charge in [0.05, 0.1) is 11.6 Å². The summed E-state index contributed by atoms with van der Waals surface area (Å²) in [7, 11) is 0. The molecule has 1 saturated heterocycles. The normalized spacial score (nSPS) is 20.4. The Bertz CT molecular complexity index is 1010. The molecule has 2 aromatic heterocycles. The Morgan fingerprint density at radius 1 is 1.19 bits per heavy atom. The first-order valence-corrected chi connectivity index (χ1v) is 9.43. The van der Waals surface area contributed by atoms with Gasteiger partial charge in [-0.2, -0.15) is 0 Å². The Labute approximate surface area is 158 Å². The average molecular weight is 363 g/mol. The minimum absolute atomic E-state index is 0.0599. The van der Waals surface area contributed by atoms with Gasteiger partial charge in [0.2, 0.25) is 0 Å². The number of aromatic nitrogens is 2. The summed E-state index contributed by atoms with van der Waals surface area (Å²) in [5.41, 5.74) is 4.95. The molecule has 4 rings (SSSR count). The number of β-amino-alcohol motifs (C(OH)–C–C–N with tert-alkyl or cyclic N) is 1. The smallest absolute Gasteiger partial charge is 0.189 e. The fraction of sp³-hybridized carbons (Fsp3) is 0.364. The number of likely N-dealkylation sites (tertiary alicyclic amines) is 1. The molecule has 5 nitrogen and oxygen atoms in total. The monoisotopic (exact) mass is 363 g/mol. The molecule has 0 unspecified atom stereocenters. The number of benzene rings is 1. The van der Waals surface area contributed by atoms with Crippen molar-refractivity contribution in [2.75, 3.05) is 13.1 Å². The second-order valence-electron chi connectivity index (χ2n) is 7.65. The molecule has 2 atom stereocenters. The van der Waals surface area contributed by atoms with Gasteiger partial charge in [-0.3, -0.25) is 14.7 Å². The number of hydrogen-bond acceptors (Lipinski definition) is 4. The van der Waals surface area contributed by atoms with Crippen LogP contribution >= 0.6 is 0 Å². The van der Waals surface area contributed by atoms with E-state index >= 15 is 0 Å². The van der Waals surface area contributed by atoms with Crippen LogP contribution in [-0.4, -0.2) is 39.2 Å². The molecular weight excluding hydrogens is 338 g/mol. The van der Waals surface area contributed by atoms with E-state index in [2.05, 4.69) is 14.9 Å². The van der Waals surface area contributed by atoms with Crippen molar-refractivity contribution in [3.63, 3.8) is 0 Å². The highest BCUT2D eigenvalue weighted by molar-refractivity contribution is 5.84. The summed E-state index contributed by atoms with van der Waals surface area (Å²) in [6.07, 6.45) is 2.19. The molecule has 5 heteroatoms. The molecule has 0 spiro atoms. The van der Waals surface area contributed by atoms with Crippen molar-refractivity contribution in [3.8, 4) is 0 Å². The Morgan fingerprint density at radius 2 is 2.00 bits per heavy atom. The molecule has 0 aliphatic carbocycles. The lowest BCUT2D eigenvalue weighted by atomic mass is 10.00. The quantitative estimate of drug-likeness (QED) is 0.748. The third-order valence-corrected chi connectivity index (χ3v) is 5.53. The number of fused-ring (bicyclic) bond motifs is 1. The summed E-state index contributed by atoms with van der Waals surface area (Å²) in [5, 5.41) is 11.2. The molecule has 1 aliphatic heterocycles. The first-order chi connectivity index (χ1) is 13.0. The van der Waals surface area contributed by atoms with Crippen molar-refractivity contribution in [2.24, 2.45) is 5.92 Å². The van der Waals surface area contributed by atoms with E-state index in [4.69, 9.17) is 0 Å². The number of nitrogens with one attached hydrogen (secondary N) is 1. The van der Waals surface area contributed by atoms with Crippen LogP contribution in [0.15, 0.2) is 47.4 Å². The lowest BCUT2D eigenvalue weighted by Gasteiger charge is -2.16. The van der Waals surface area contributed by atoms with Gasteiger partial charge >= 0.3 is 0 Å². The van der Waals surface area contributed by atoms with Gasteiger partial charge in [0, 0.05) is 54.6 Å². The lowest BCUT2D eigenvalue weighted by molar-refractivity contribution is 0.140. The van der Waals surface area contributed by atoms with E-state index in [-0.39, 0.29) is 17.5 Å². The van der Waals surface area contributed by atoms with Crippen molar-refractivity contribution in [3.05, 3.63) is 75.3 Å². The third-order valence-electron chi connectivity index (χ3n) is 5.53. The number of H-pyrrole nitrogens is 1. The van der Waals surface area contributed by atoms with Gasteiger partial charge in [-0.05, 0) is 43.5 Å². The third kappa shape index (κ3) is 3.66. The minimum Gasteiger partial charge on any atom is -0.391 e. The molecule has 3 heterocycles. The standard InChI is InChI=1S/C22H25N3O2/c1-14-6-7-15(2)22-21(14)19(26)10-18(24-22)12-25-11-16(20(27)13-25)9-17-5-3-4-8-23-17/h3-8,10,16,20,27H,9,11-13H2,1-2H3,(H,24,26)/t16-,20-/m1/s1. The van der Waals surface area contributed by atoms with Crippen molar-refractivity contribution in [1.29, 1.82) is 0 Å². The fourth-order valence-electron chi connectivity index (χ4n) is 4.10. The van der Waals surface area contributed by atoms with Crippen LogP contribution in [0.25, 0.3) is 10.9 Å². The molecule has 2 N–H and O–H groups in total. The second kappa shape index (κ2) is 7.25. The first kappa shape index (κ1) is 17.9. The van der Waals surface area contributed by atoms with E-state index in [0.29, 0.717) is 13.1 Å². The Kier molecular flexibility index (Phi) is 4.81. The lowest BCUT2D eigenvalue weighted by Crippen LogP contribution is -2.23. The van der Waals surface area contributed by atoms with Gasteiger partial charge in [-0.15, -0.1) is 0 Å². The summed E-state index contributed by atoms with van der Waals surface area (Å²) in [5.74, 6) is 0.163. The molecule has 1 aliphatic rings. The number of rotatable bonds is 4. The van der Waals surface area contributed by atoms with Crippen LogP contribution in [0, 0.1) is 19.8 Å². The number of aliphatic hydroxyl groups is 1. The number of aryl methyl sites for hydroxylation is 2. The topological polar surface area (TPSA) is 69.2 Å². The molecule has 3 aromatic rings. The van der Waals surface area contributed by atoms with Crippen molar-refractivity contribution in [1.82, 2.24) is 14.9 Å². The van der Waals surface area contributed by atoms with E-state index in [0.717, 1.165) is 46.4 Å². The zero-order chi connectivity index (χ0) is 19.0. The van der Waals surface area contributed by atoms with Gasteiger partial charge < -0.3 is 10.1 Å². The Morgan fingerprint density at radius 3 is 2.78 bits per heavy atom. The SMILES string of the molecule is Cc1ccc(C)c2c(=O)cc(CN3C[C@@H](Cc4ccccn4)[C@H](O)C3)[nH]c12. The van der Waals surface area contributed by atoms with Crippen LogP contribution in [0.1, 0.15) is 22.5 Å². The molecule has 1 aromatic carbocycles. The van der Waals surface area contributed by atoms with Gasteiger partial charge in [0.15, 0.2) is 5.43 Å². The fourth-order valence-corrected chi connectivity index (χ4v) is 4.10.